The normalized spacial score (nSPS) is 17.9. The summed E-state index contributed by atoms with van der Waals surface area (Å²) in [6, 6.07) is 7.86. The van der Waals surface area contributed by atoms with Crippen molar-refractivity contribution in [2.24, 2.45) is 5.92 Å². The summed E-state index contributed by atoms with van der Waals surface area (Å²) in [6.07, 6.45) is 2.34. The van der Waals surface area contributed by atoms with Gasteiger partial charge in [0.1, 0.15) is 0 Å². The van der Waals surface area contributed by atoms with Crippen LogP contribution in [0, 0.1) is 5.92 Å². The van der Waals surface area contributed by atoms with Crippen LogP contribution in [-0.2, 0) is 20.7 Å². The second-order valence-electron chi connectivity index (χ2n) is 6.35. The largest absolute Gasteiger partial charge is 0.481 e. The molecule has 1 aromatic carbocycles. The average Bonchev–Trinajstić information content (AvgIpc) is 2.54. The maximum atomic E-state index is 12.8. The van der Waals surface area contributed by atoms with Crippen molar-refractivity contribution in [2.45, 2.75) is 44.6 Å². The Kier molecular flexibility index (Phi) is 6.80. The minimum atomic E-state index is -0.893. The van der Waals surface area contributed by atoms with Gasteiger partial charge in [-0.15, -0.1) is 0 Å². The molecule has 5 nitrogen and oxygen atoms in total. The zero-order valence-corrected chi connectivity index (χ0v) is 15.5. The molecule has 0 bridgehead atoms. The third-order valence-electron chi connectivity index (χ3n) is 4.62. The molecule has 24 heavy (non-hydrogen) atoms. The molecular weight excluding hydrogens is 374 g/mol. The van der Waals surface area contributed by atoms with Gasteiger partial charge < -0.3 is 15.2 Å². The van der Waals surface area contributed by atoms with E-state index in [9.17, 15) is 14.7 Å². The molecule has 132 valence electrons. The van der Waals surface area contributed by atoms with Gasteiger partial charge in [0, 0.05) is 23.6 Å². The average molecular weight is 398 g/mol. The maximum Gasteiger partial charge on any atom is 0.305 e. The van der Waals surface area contributed by atoms with Gasteiger partial charge in [0.15, 0.2) is 0 Å². The van der Waals surface area contributed by atoms with Gasteiger partial charge in [-0.1, -0.05) is 41.1 Å². The Morgan fingerprint density at radius 3 is 2.58 bits per heavy atom. The number of carbonyl (C=O) groups is 2. The molecule has 1 saturated heterocycles. The molecular formula is C18H24BrNO4. The summed E-state index contributed by atoms with van der Waals surface area (Å²) in [6.45, 7) is 2.94. The fraction of sp³-hybridized carbons (Fsp3) is 0.556. The van der Waals surface area contributed by atoms with Crippen LogP contribution in [0.2, 0.25) is 0 Å². The van der Waals surface area contributed by atoms with Crippen molar-refractivity contribution >= 4 is 27.8 Å². The van der Waals surface area contributed by atoms with Crippen LogP contribution in [-0.4, -0.2) is 35.7 Å². The van der Waals surface area contributed by atoms with Crippen LogP contribution in [0.5, 0.6) is 0 Å². The first-order valence-electron chi connectivity index (χ1n) is 8.31. The van der Waals surface area contributed by atoms with E-state index < -0.39 is 11.5 Å². The molecule has 2 rings (SSSR count). The van der Waals surface area contributed by atoms with E-state index in [0.717, 1.165) is 10.0 Å². The van der Waals surface area contributed by atoms with Gasteiger partial charge >= 0.3 is 5.97 Å². The number of rotatable bonds is 7. The Morgan fingerprint density at radius 1 is 1.33 bits per heavy atom. The summed E-state index contributed by atoms with van der Waals surface area (Å²) in [5, 5.41) is 12.3. The minimum absolute atomic E-state index is 0.0619. The number of halogens is 1. The number of nitrogens with one attached hydrogen (secondary N) is 1. The number of carboxylic acids is 1. The van der Waals surface area contributed by atoms with Gasteiger partial charge in [0.05, 0.1) is 12.0 Å². The fourth-order valence-electron chi connectivity index (χ4n) is 3.11. The zero-order valence-electron chi connectivity index (χ0n) is 13.9. The second kappa shape index (κ2) is 8.62. The van der Waals surface area contributed by atoms with E-state index in [4.69, 9.17) is 4.74 Å². The third-order valence-corrected chi connectivity index (χ3v) is 5.39. The molecule has 0 radical (unpaired) electrons. The molecule has 6 heteroatoms. The number of hydrogen-bond donors (Lipinski definition) is 2. The van der Waals surface area contributed by atoms with Gasteiger partial charge in [0.2, 0.25) is 5.91 Å². The van der Waals surface area contributed by atoms with Gasteiger partial charge in [-0.25, -0.2) is 0 Å². The maximum absolute atomic E-state index is 12.8. The molecule has 0 aliphatic carbocycles. The molecule has 0 spiro atoms. The predicted molar refractivity (Wildman–Crippen MR) is 94.8 cm³/mol. The Balaban J connectivity index is 2.09. The van der Waals surface area contributed by atoms with E-state index in [1.165, 1.54) is 0 Å². The Bertz CT molecular complexity index is 584. The van der Waals surface area contributed by atoms with E-state index in [-0.39, 0.29) is 18.2 Å². The molecule has 1 aromatic rings. The smallest absolute Gasteiger partial charge is 0.305 e. The zero-order chi connectivity index (χ0) is 17.6. The monoisotopic (exact) mass is 397 g/mol. The summed E-state index contributed by atoms with van der Waals surface area (Å²) < 4.78 is 6.32. The highest BCUT2D eigenvalue weighted by molar-refractivity contribution is 9.10. The van der Waals surface area contributed by atoms with Crippen LogP contribution in [0.25, 0.3) is 0 Å². The summed E-state index contributed by atoms with van der Waals surface area (Å²) in [4.78, 5) is 24.0. The van der Waals surface area contributed by atoms with Crippen molar-refractivity contribution in [1.29, 1.82) is 0 Å². The van der Waals surface area contributed by atoms with Crippen LogP contribution < -0.4 is 5.32 Å². The van der Waals surface area contributed by atoms with E-state index in [0.29, 0.717) is 38.9 Å². The van der Waals surface area contributed by atoms with Gasteiger partial charge in [0.25, 0.3) is 0 Å². The number of aliphatic carboxylic acids is 1. The van der Waals surface area contributed by atoms with Gasteiger partial charge in [-0.2, -0.15) is 0 Å². The quantitative estimate of drug-likeness (QED) is 0.740. The third kappa shape index (κ3) is 5.05. The lowest BCUT2D eigenvalue weighted by Gasteiger charge is -2.38. The summed E-state index contributed by atoms with van der Waals surface area (Å²) in [5.74, 6) is -1.15. The first kappa shape index (κ1) is 18.9. The SMILES string of the molecule is CCC(Cc1ccccc1Br)C(=O)NC1(CC(=O)O)CCOCC1. The Morgan fingerprint density at radius 2 is 2.00 bits per heavy atom. The first-order valence-corrected chi connectivity index (χ1v) is 9.10. The van der Waals surface area contributed by atoms with Crippen molar-refractivity contribution in [3.63, 3.8) is 0 Å². The van der Waals surface area contributed by atoms with Crippen molar-refractivity contribution in [2.75, 3.05) is 13.2 Å². The highest BCUT2D eigenvalue weighted by Crippen LogP contribution is 2.27. The topological polar surface area (TPSA) is 75.6 Å². The predicted octanol–water partition coefficient (Wildman–Crippen LogP) is 3.16. The second-order valence-corrected chi connectivity index (χ2v) is 7.21. The van der Waals surface area contributed by atoms with Crippen LogP contribution in [0.15, 0.2) is 28.7 Å². The lowest BCUT2D eigenvalue weighted by molar-refractivity contribution is -0.141. The van der Waals surface area contributed by atoms with Crippen molar-refractivity contribution < 1.29 is 19.4 Å². The Hall–Kier alpha value is -1.40. The lowest BCUT2D eigenvalue weighted by Crippen LogP contribution is -2.54. The molecule has 1 amide bonds. The molecule has 0 saturated carbocycles. The van der Waals surface area contributed by atoms with E-state index >= 15 is 0 Å². The summed E-state index contributed by atoms with van der Waals surface area (Å²) >= 11 is 3.52. The van der Waals surface area contributed by atoms with Crippen LogP contribution in [0.3, 0.4) is 0 Å². The molecule has 1 heterocycles. The number of hydrogen-bond acceptors (Lipinski definition) is 3. The molecule has 0 aromatic heterocycles. The van der Waals surface area contributed by atoms with E-state index in [1.54, 1.807) is 0 Å². The van der Waals surface area contributed by atoms with Crippen molar-refractivity contribution in [3.8, 4) is 0 Å². The van der Waals surface area contributed by atoms with Gasteiger partial charge in [-0.3, -0.25) is 9.59 Å². The summed E-state index contributed by atoms with van der Waals surface area (Å²) in [7, 11) is 0. The highest BCUT2D eigenvalue weighted by Gasteiger charge is 2.37. The molecule has 1 aliphatic heterocycles. The molecule has 2 N–H and O–H groups in total. The Labute approximate surface area is 150 Å². The number of ether oxygens (including phenoxy) is 1. The molecule has 1 unspecified atom stereocenters. The van der Waals surface area contributed by atoms with Crippen LogP contribution in [0.4, 0.5) is 0 Å². The van der Waals surface area contributed by atoms with E-state index in [2.05, 4.69) is 21.2 Å². The number of amides is 1. The number of carbonyl (C=O) groups excluding carboxylic acids is 1. The highest BCUT2D eigenvalue weighted by atomic mass is 79.9. The molecule has 1 atom stereocenters. The molecule has 1 fully saturated rings. The summed E-state index contributed by atoms with van der Waals surface area (Å²) in [5.41, 5.74) is 0.390. The lowest BCUT2D eigenvalue weighted by atomic mass is 9.85. The van der Waals surface area contributed by atoms with Gasteiger partial charge in [-0.05, 0) is 37.3 Å². The van der Waals surface area contributed by atoms with E-state index in [1.807, 2.05) is 31.2 Å². The van der Waals surface area contributed by atoms with Crippen molar-refractivity contribution in [3.05, 3.63) is 34.3 Å². The first-order chi connectivity index (χ1) is 11.5. The van der Waals surface area contributed by atoms with Crippen LogP contribution >= 0.6 is 15.9 Å². The van der Waals surface area contributed by atoms with Crippen molar-refractivity contribution in [1.82, 2.24) is 5.32 Å². The standard InChI is InChI=1S/C18H24BrNO4/c1-2-13(11-14-5-3-4-6-15(14)19)17(23)20-18(12-16(21)22)7-9-24-10-8-18/h3-6,13H,2,7-12H2,1H3,(H,20,23)(H,21,22). The van der Waals surface area contributed by atoms with Crippen LogP contribution in [0.1, 0.15) is 38.2 Å². The fourth-order valence-corrected chi connectivity index (χ4v) is 3.56. The molecule has 1 aliphatic rings. The number of carboxylic acid groups (broad SMARTS) is 1. The minimum Gasteiger partial charge on any atom is -0.481 e. The number of benzene rings is 1.